The molecule has 1 aliphatic rings. The van der Waals surface area contributed by atoms with Gasteiger partial charge in [0.15, 0.2) is 0 Å². The lowest BCUT2D eigenvalue weighted by Crippen LogP contribution is -2.38. The summed E-state index contributed by atoms with van der Waals surface area (Å²) in [5.41, 5.74) is 1.92. The van der Waals surface area contributed by atoms with Gasteiger partial charge in [0.2, 0.25) is 15.9 Å². The number of carbonyl (C=O) groups excluding carboxylic acids is 1. The minimum absolute atomic E-state index is 0.0869. The molecule has 1 aliphatic heterocycles. The molecule has 1 saturated heterocycles. The Morgan fingerprint density at radius 3 is 2.21 bits per heavy atom. The number of amides is 1. The lowest BCUT2D eigenvalue weighted by Gasteiger charge is -2.31. The summed E-state index contributed by atoms with van der Waals surface area (Å²) in [7, 11) is -3.50. The number of carbonyl (C=O) groups is 1. The number of piperidine rings is 1. The van der Waals surface area contributed by atoms with Crippen LogP contribution in [0.2, 0.25) is 0 Å². The van der Waals surface area contributed by atoms with Crippen molar-refractivity contribution in [3.8, 4) is 0 Å². The Kier molecular flexibility index (Phi) is 6.52. The summed E-state index contributed by atoms with van der Waals surface area (Å²) in [6, 6.07) is 16.8. The number of anilines is 1. The van der Waals surface area contributed by atoms with Gasteiger partial charge in [-0.15, -0.1) is 0 Å². The zero-order chi connectivity index (χ0) is 20.1. The molecular formula is C22H28N2O3S. The Hall–Kier alpha value is -2.18. The average molecular weight is 401 g/mol. The fourth-order valence-corrected chi connectivity index (χ4v) is 4.92. The summed E-state index contributed by atoms with van der Waals surface area (Å²) in [6.07, 6.45) is 2.74. The summed E-state index contributed by atoms with van der Waals surface area (Å²) < 4.78 is 27.4. The number of hydrogen-bond donors (Lipinski definition) is 1. The molecule has 0 aliphatic carbocycles. The van der Waals surface area contributed by atoms with Crippen LogP contribution in [-0.4, -0.2) is 31.7 Å². The predicted molar refractivity (Wildman–Crippen MR) is 112 cm³/mol. The van der Waals surface area contributed by atoms with E-state index >= 15 is 0 Å². The maximum atomic E-state index is 12.9. The molecule has 1 N–H and O–H groups in total. The van der Waals surface area contributed by atoms with Gasteiger partial charge in [-0.05, 0) is 55.0 Å². The molecule has 1 heterocycles. The van der Waals surface area contributed by atoms with E-state index in [1.807, 2.05) is 32.0 Å². The summed E-state index contributed by atoms with van der Waals surface area (Å²) >= 11 is 0. The number of hydrogen-bond acceptors (Lipinski definition) is 3. The molecule has 0 radical (unpaired) electrons. The monoisotopic (exact) mass is 400 g/mol. The highest BCUT2D eigenvalue weighted by Crippen LogP contribution is 2.26. The molecule has 0 saturated carbocycles. The van der Waals surface area contributed by atoms with E-state index < -0.39 is 10.0 Å². The largest absolute Gasteiger partial charge is 0.326 e. The fraction of sp³-hybridized carbons (Fsp3) is 0.409. The van der Waals surface area contributed by atoms with Crippen LogP contribution in [-0.2, 0) is 21.2 Å². The highest BCUT2D eigenvalue weighted by Gasteiger charge is 2.29. The molecule has 0 aromatic heterocycles. The van der Waals surface area contributed by atoms with Gasteiger partial charge >= 0.3 is 0 Å². The second kappa shape index (κ2) is 8.88. The first-order chi connectivity index (χ1) is 13.4. The third kappa shape index (κ3) is 5.00. The molecule has 2 aromatic carbocycles. The molecule has 3 rings (SSSR count). The maximum Gasteiger partial charge on any atom is 0.243 e. The molecule has 0 atom stereocenters. The van der Waals surface area contributed by atoms with E-state index in [2.05, 4.69) is 17.4 Å². The zero-order valence-electron chi connectivity index (χ0n) is 16.5. The van der Waals surface area contributed by atoms with Crippen molar-refractivity contribution in [2.24, 2.45) is 11.8 Å². The van der Waals surface area contributed by atoms with E-state index in [1.165, 1.54) is 5.56 Å². The van der Waals surface area contributed by atoms with Gasteiger partial charge in [0.1, 0.15) is 0 Å². The van der Waals surface area contributed by atoms with Crippen molar-refractivity contribution in [3.05, 3.63) is 60.2 Å². The van der Waals surface area contributed by atoms with Crippen molar-refractivity contribution in [2.45, 2.75) is 38.0 Å². The number of nitrogens with one attached hydrogen (secondary N) is 1. The van der Waals surface area contributed by atoms with E-state index in [-0.39, 0.29) is 16.7 Å². The molecule has 28 heavy (non-hydrogen) atoms. The maximum absolute atomic E-state index is 12.9. The van der Waals surface area contributed by atoms with Crippen molar-refractivity contribution >= 4 is 21.6 Å². The molecular weight excluding hydrogens is 372 g/mol. The molecule has 1 amide bonds. The van der Waals surface area contributed by atoms with Gasteiger partial charge in [-0.25, -0.2) is 8.42 Å². The van der Waals surface area contributed by atoms with E-state index in [9.17, 15) is 13.2 Å². The third-order valence-electron chi connectivity index (χ3n) is 5.22. The summed E-state index contributed by atoms with van der Waals surface area (Å²) in [5.74, 6) is 0.305. The zero-order valence-corrected chi connectivity index (χ0v) is 17.3. The minimum atomic E-state index is -3.50. The van der Waals surface area contributed by atoms with E-state index in [1.54, 1.807) is 28.6 Å². The third-order valence-corrected chi connectivity index (χ3v) is 7.14. The smallest absolute Gasteiger partial charge is 0.243 e. The van der Waals surface area contributed by atoms with Crippen molar-refractivity contribution in [1.29, 1.82) is 0 Å². The summed E-state index contributed by atoms with van der Waals surface area (Å²) in [4.78, 5) is 12.0. The van der Waals surface area contributed by atoms with Gasteiger partial charge < -0.3 is 5.32 Å². The number of sulfonamides is 1. The quantitative estimate of drug-likeness (QED) is 0.799. The van der Waals surface area contributed by atoms with Crippen LogP contribution < -0.4 is 5.32 Å². The van der Waals surface area contributed by atoms with Crippen LogP contribution >= 0.6 is 0 Å². The molecule has 2 aromatic rings. The van der Waals surface area contributed by atoms with Gasteiger partial charge in [-0.2, -0.15) is 4.31 Å². The van der Waals surface area contributed by atoms with Gasteiger partial charge in [-0.3, -0.25) is 4.79 Å². The van der Waals surface area contributed by atoms with Crippen molar-refractivity contribution in [1.82, 2.24) is 4.31 Å². The molecule has 5 nitrogen and oxygen atoms in total. The number of benzene rings is 2. The SMILES string of the molecule is CC(C)C(=O)Nc1ccc(S(=O)(=O)N2CCC(Cc3ccccc3)CC2)cc1. The first-order valence-electron chi connectivity index (χ1n) is 9.81. The second-order valence-electron chi connectivity index (χ2n) is 7.71. The van der Waals surface area contributed by atoms with Crippen LogP contribution in [0.1, 0.15) is 32.3 Å². The van der Waals surface area contributed by atoms with Gasteiger partial charge in [-0.1, -0.05) is 44.2 Å². The minimum Gasteiger partial charge on any atom is -0.326 e. The van der Waals surface area contributed by atoms with Crippen LogP contribution in [0.4, 0.5) is 5.69 Å². The Bertz CT molecular complexity index is 885. The van der Waals surface area contributed by atoms with Crippen LogP contribution in [0, 0.1) is 11.8 Å². The highest BCUT2D eigenvalue weighted by atomic mass is 32.2. The van der Waals surface area contributed by atoms with E-state index in [0.717, 1.165) is 19.3 Å². The molecule has 0 unspecified atom stereocenters. The first-order valence-corrected chi connectivity index (χ1v) is 11.3. The van der Waals surface area contributed by atoms with E-state index in [4.69, 9.17) is 0 Å². The first kappa shape index (κ1) is 20.6. The summed E-state index contributed by atoms with van der Waals surface area (Å²) in [5, 5.41) is 2.78. The topological polar surface area (TPSA) is 66.5 Å². The normalized spacial score (nSPS) is 16.2. The highest BCUT2D eigenvalue weighted by molar-refractivity contribution is 7.89. The van der Waals surface area contributed by atoms with Gasteiger partial charge in [0.25, 0.3) is 0 Å². The summed E-state index contributed by atoms with van der Waals surface area (Å²) in [6.45, 7) is 4.72. The van der Waals surface area contributed by atoms with Crippen LogP contribution in [0.5, 0.6) is 0 Å². The van der Waals surface area contributed by atoms with E-state index in [0.29, 0.717) is 24.7 Å². The molecule has 6 heteroatoms. The Labute approximate surface area is 167 Å². The molecule has 0 spiro atoms. The standard InChI is InChI=1S/C22H28N2O3S/c1-17(2)22(25)23-20-8-10-21(11-9-20)28(26,27)24-14-12-19(13-15-24)16-18-6-4-3-5-7-18/h3-11,17,19H,12-16H2,1-2H3,(H,23,25). The van der Waals surface area contributed by atoms with Crippen molar-refractivity contribution in [2.75, 3.05) is 18.4 Å². The Morgan fingerprint density at radius 1 is 1.04 bits per heavy atom. The molecule has 150 valence electrons. The second-order valence-corrected chi connectivity index (χ2v) is 9.64. The number of nitrogens with zero attached hydrogens (tertiary/aromatic N) is 1. The van der Waals surface area contributed by atoms with Crippen LogP contribution in [0.25, 0.3) is 0 Å². The van der Waals surface area contributed by atoms with Gasteiger partial charge in [0.05, 0.1) is 4.90 Å². The lowest BCUT2D eigenvalue weighted by atomic mass is 9.91. The van der Waals surface area contributed by atoms with Crippen LogP contribution in [0.15, 0.2) is 59.5 Å². The Balaban J connectivity index is 1.60. The van der Waals surface area contributed by atoms with Crippen LogP contribution in [0.3, 0.4) is 0 Å². The lowest BCUT2D eigenvalue weighted by molar-refractivity contribution is -0.118. The van der Waals surface area contributed by atoms with Gasteiger partial charge in [0, 0.05) is 24.7 Å². The average Bonchev–Trinajstić information content (AvgIpc) is 2.69. The molecule has 0 bridgehead atoms. The fourth-order valence-electron chi connectivity index (χ4n) is 3.45. The van der Waals surface area contributed by atoms with Crippen molar-refractivity contribution in [3.63, 3.8) is 0 Å². The molecule has 1 fully saturated rings. The predicted octanol–water partition coefficient (Wildman–Crippen LogP) is 3.92. The number of rotatable bonds is 6. The van der Waals surface area contributed by atoms with Crippen molar-refractivity contribution < 1.29 is 13.2 Å². The Morgan fingerprint density at radius 2 is 1.64 bits per heavy atom.